The first kappa shape index (κ1) is 28.3. The minimum absolute atomic E-state index is 0.0810. The Labute approximate surface area is 229 Å². The summed E-state index contributed by atoms with van der Waals surface area (Å²) < 4.78 is 48.0. The summed E-state index contributed by atoms with van der Waals surface area (Å²) in [6.45, 7) is -0.144. The highest BCUT2D eigenvalue weighted by Crippen LogP contribution is 2.45. The van der Waals surface area contributed by atoms with Gasteiger partial charge < -0.3 is 42.3 Å². The fourth-order valence-corrected chi connectivity index (χ4v) is 3.90. The number of carbonyl (C=O) groups is 1. The molecule has 0 saturated heterocycles. The maximum atomic E-state index is 13.1. The fraction of sp³-hybridized carbons (Fsp3) is 0.241. The van der Waals surface area contributed by atoms with Crippen LogP contribution in [0.25, 0.3) is 21.9 Å². The van der Waals surface area contributed by atoms with Gasteiger partial charge in [0.05, 0.1) is 25.2 Å². The van der Waals surface area contributed by atoms with Crippen molar-refractivity contribution in [3.63, 3.8) is 0 Å². The second-order valence-electron chi connectivity index (χ2n) is 8.20. The van der Waals surface area contributed by atoms with Crippen molar-refractivity contribution in [2.75, 3.05) is 42.0 Å². The summed E-state index contributed by atoms with van der Waals surface area (Å²) in [7, 11) is 5.74. The SMILES string of the molecule is COCOC(=O)Oc1oc(=O)c2cc(OCc3ccccc3)ccc2c1-c1cc(OC)c(OC)c(OCOC)c1. The molecule has 4 aromatic rings. The third-order valence-corrected chi connectivity index (χ3v) is 5.65. The predicted octanol–water partition coefficient (Wildman–Crippen LogP) is 5.16. The Hall–Kier alpha value is -4.74. The lowest BCUT2D eigenvalue weighted by Gasteiger charge is -2.17. The van der Waals surface area contributed by atoms with E-state index in [1.54, 1.807) is 30.3 Å². The van der Waals surface area contributed by atoms with Gasteiger partial charge in [0.2, 0.25) is 5.75 Å². The smallest absolute Gasteiger partial charge is 0.493 e. The van der Waals surface area contributed by atoms with Gasteiger partial charge in [0, 0.05) is 19.6 Å². The summed E-state index contributed by atoms with van der Waals surface area (Å²) in [4.78, 5) is 25.4. The lowest BCUT2D eigenvalue weighted by molar-refractivity contribution is -0.0108. The Bertz CT molecular complexity index is 1510. The lowest BCUT2D eigenvalue weighted by atomic mass is 9.99. The van der Waals surface area contributed by atoms with Crippen LogP contribution in [0.2, 0.25) is 0 Å². The van der Waals surface area contributed by atoms with Gasteiger partial charge in [0.15, 0.2) is 25.1 Å². The Kier molecular flexibility index (Phi) is 9.44. The molecule has 210 valence electrons. The highest BCUT2D eigenvalue weighted by Gasteiger charge is 2.24. The topological polar surface area (TPSA) is 121 Å². The van der Waals surface area contributed by atoms with Crippen LogP contribution >= 0.6 is 0 Å². The van der Waals surface area contributed by atoms with E-state index in [0.717, 1.165) is 5.56 Å². The molecule has 0 aliphatic heterocycles. The highest BCUT2D eigenvalue weighted by molar-refractivity contribution is 5.99. The van der Waals surface area contributed by atoms with E-state index >= 15 is 0 Å². The summed E-state index contributed by atoms with van der Waals surface area (Å²) in [6, 6.07) is 17.8. The van der Waals surface area contributed by atoms with Crippen molar-refractivity contribution in [2.45, 2.75) is 6.61 Å². The Morgan fingerprint density at radius 2 is 1.55 bits per heavy atom. The second kappa shape index (κ2) is 13.4. The molecule has 1 heterocycles. The van der Waals surface area contributed by atoms with Crippen molar-refractivity contribution in [2.24, 2.45) is 0 Å². The Morgan fingerprint density at radius 1 is 0.800 bits per heavy atom. The quantitative estimate of drug-likeness (QED) is 0.171. The number of fused-ring (bicyclic) bond motifs is 1. The molecule has 0 bridgehead atoms. The normalized spacial score (nSPS) is 10.7. The Morgan fingerprint density at radius 3 is 2.25 bits per heavy atom. The summed E-state index contributed by atoms with van der Waals surface area (Å²) in [5.74, 6) is 0.930. The first-order valence-corrected chi connectivity index (χ1v) is 12.0. The van der Waals surface area contributed by atoms with E-state index < -0.39 is 17.7 Å². The summed E-state index contributed by atoms with van der Waals surface area (Å²) in [6.07, 6.45) is -1.13. The molecule has 1 aromatic heterocycles. The van der Waals surface area contributed by atoms with Crippen molar-refractivity contribution in [1.82, 2.24) is 0 Å². The van der Waals surface area contributed by atoms with Crippen LogP contribution in [0, 0.1) is 0 Å². The third kappa shape index (κ3) is 6.45. The van der Waals surface area contributed by atoms with Gasteiger partial charge in [0.25, 0.3) is 0 Å². The zero-order valence-corrected chi connectivity index (χ0v) is 22.4. The summed E-state index contributed by atoms with van der Waals surface area (Å²) in [5.41, 5.74) is 0.879. The van der Waals surface area contributed by atoms with Crippen molar-refractivity contribution in [3.8, 4) is 40.1 Å². The van der Waals surface area contributed by atoms with E-state index in [4.69, 9.17) is 42.3 Å². The van der Waals surface area contributed by atoms with Gasteiger partial charge in [-0.3, -0.25) is 0 Å². The van der Waals surface area contributed by atoms with E-state index in [0.29, 0.717) is 34.8 Å². The monoisotopic (exact) mass is 552 g/mol. The van der Waals surface area contributed by atoms with Crippen molar-refractivity contribution < 1.29 is 47.1 Å². The van der Waals surface area contributed by atoms with Crippen molar-refractivity contribution in [1.29, 1.82) is 0 Å². The average Bonchev–Trinajstić information content (AvgIpc) is 2.98. The molecule has 11 nitrogen and oxygen atoms in total. The largest absolute Gasteiger partial charge is 0.518 e. The van der Waals surface area contributed by atoms with Gasteiger partial charge in [-0.25, -0.2) is 9.59 Å². The number of methoxy groups -OCH3 is 4. The molecule has 0 aliphatic carbocycles. The first-order valence-electron chi connectivity index (χ1n) is 12.0. The minimum Gasteiger partial charge on any atom is -0.493 e. The van der Waals surface area contributed by atoms with E-state index in [1.165, 1.54) is 28.4 Å². The Balaban J connectivity index is 1.86. The zero-order chi connectivity index (χ0) is 28.5. The van der Waals surface area contributed by atoms with Gasteiger partial charge in [-0.15, -0.1) is 0 Å². The summed E-state index contributed by atoms with van der Waals surface area (Å²) in [5, 5.41) is 0.593. The van der Waals surface area contributed by atoms with Crippen molar-refractivity contribution >= 4 is 16.9 Å². The molecule has 11 heteroatoms. The van der Waals surface area contributed by atoms with Crippen LogP contribution in [-0.2, 0) is 20.8 Å². The zero-order valence-electron chi connectivity index (χ0n) is 22.4. The number of hydrogen-bond donors (Lipinski definition) is 0. The van der Waals surface area contributed by atoms with Gasteiger partial charge in [-0.05, 0) is 41.5 Å². The molecule has 3 aromatic carbocycles. The van der Waals surface area contributed by atoms with Gasteiger partial charge in [-0.1, -0.05) is 30.3 Å². The van der Waals surface area contributed by atoms with Crippen LogP contribution in [0.5, 0.6) is 28.9 Å². The third-order valence-electron chi connectivity index (χ3n) is 5.65. The number of ether oxygens (including phenoxy) is 8. The molecule has 40 heavy (non-hydrogen) atoms. The molecule has 0 N–H and O–H groups in total. The van der Waals surface area contributed by atoms with Crippen LogP contribution in [0.1, 0.15) is 5.56 Å². The molecule has 0 aliphatic rings. The molecule has 4 rings (SSSR count). The van der Waals surface area contributed by atoms with Crippen LogP contribution in [-0.4, -0.2) is 48.2 Å². The maximum Gasteiger partial charge on any atom is 0.518 e. The lowest BCUT2D eigenvalue weighted by Crippen LogP contribution is -2.14. The number of hydrogen-bond acceptors (Lipinski definition) is 11. The predicted molar refractivity (Wildman–Crippen MR) is 143 cm³/mol. The molecule has 0 saturated carbocycles. The molecule has 0 atom stereocenters. The van der Waals surface area contributed by atoms with Crippen molar-refractivity contribution in [3.05, 3.63) is 76.6 Å². The molecule has 0 spiro atoms. The van der Waals surface area contributed by atoms with Gasteiger partial charge in [-0.2, -0.15) is 0 Å². The number of rotatable bonds is 12. The van der Waals surface area contributed by atoms with E-state index in [9.17, 15) is 9.59 Å². The maximum absolute atomic E-state index is 13.1. The minimum atomic E-state index is -1.13. The summed E-state index contributed by atoms with van der Waals surface area (Å²) >= 11 is 0. The molecule has 0 amide bonds. The molecular formula is C29H28O11. The standard InChI is InChI=1S/C29H28O11/c1-32-16-37-24-13-19(12-23(34-3)26(24)35-4)25-21-11-10-20(36-15-18-8-6-5-7-9-18)14-22(21)27(30)39-28(25)40-29(31)38-17-33-2/h5-14H,15-17H2,1-4H3. The second-order valence-corrected chi connectivity index (χ2v) is 8.20. The van der Waals surface area contributed by atoms with Crippen LogP contribution in [0.3, 0.4) is 0 Å². The molecule has 0 radical (unpaired) electrons. The van der Waals surface area contributed by atoms with Crippen LogP contribution < -0.4 is 29.3 Å². The first-order chi connectivity index (χ1) is 19.5. The fourth-order valence-electron chi connectivity index (χ4n) is 3.90. The van der Waals surface area contributed by atoms with Crippen LogP contribution in [0.15, 0.2) is 69.9 Å². The molecular weight excluding hydrogens is 524 g/mol. The van der Waals surface area contributed by atoms with Gasteiger partial charge >= 0.3 is 17.7 Å². The van der Waals surface area contributed by atoms with Crippen LogP contribution in [0.4, 0.5) is 4.79 Å². The van der Waals surface area contributed by atoms with Gasteiger partial charge in [0.1, 0.15) is 12.4 Å². The van der Waals surface area contributed by atoms with E-state index in [1.807, 2.05) is 30.3 Å². The van der Waals surface area contributed by atoms with E-state index in [-0.39, 0.29) is 30.3 Å². The number of benzene rings is 3. The molecule has 0 unspecified atom stereocenters. The average molecular weight is 553 g/mol. The number of carbonyl (C=O) groups excluding carboxylic acids is 1. The molecule has 0 fully saturated rings. The van der Waals surface area contributed by atoms with E-state index in [2.05, 4.69) is 0 Å². The highest BCUT2D eigenvalue weighted by atomic mass is 16.8.